The summed E-state index contributed by atoms with van der Waals surface area (Å²) in [6.45, 7) is 5.08. The van der Waals surface area contributed by atoms with Gasteiger partial charge in [0, 0.05) is 13.0 Å². The molecule has 25 heavy (non-hydrogen) atoms. The van der Waals surface area contributed by atoms with E-state index in [0.717, 1.165) is 18.7 Å². The van der Waals surface area contributed by atoms with Crippen LogP contribution in [0.2, 0.25) is 0 Å². The van der Waals surface area contributed by atoms with E-state index < -0.39 is 0 Å². The van der Waals surface area contributed by atoms with Gasteiger partial charge < -0.3 is 9.64 Å². The topological polar surface area (TPSA) is 108 Å². The van der Waals surface area contributed by atoms with Gasteiger partial charge in [0.2, 0.25) is 0 Å². The Balaban J connectivity index is 1.73. The average Bonchev–Trinajstić information content (AvgIpc) is 3.10. The lowest BCUT2D eigenvalue weighted by molar-refractivity contribution is -0.0268. The number of nitrogens with one attached hydrogen (secondary N) is 1. The molecule has 130 valence electrons. The molecule has 1 unspecified atom stereocenters. The van der Waals surface area contributed by atoms with E-state index in [1.54, 1.807) is 24.0 Å². The van der Waals surface area contributed by atoms with Gasteiger partial charge in [0.05, 0.1) is 24.4 Å². The van der Waals surface area contributed by atoms with Crippen molar-refractivity contribution in [3.63, 3.8) is 0 Å². The highest BCUT2D eigenvalue weighted by molar-refractivity contribution is 5.92. The number of carbonyl (C=O) groups is 1. The fourth-order valence-corrected chi connectivity index (χ4v) is 2.75. The van der Waals surface area contributed by atoms with E-state index in [9.17, 15) is 4.79 Å². The fraction of sp³-hybridized carbons (Fsp3) is 0.471. The minimum atomic E-state index is -0.348. The first-order chi connectivity index (χ1) is 12.1. The number of hydrogen-bond acceptors (Lipinski definition) is 6. The molecule has 0 radical (unpaired) electrons. The number of nitrogens with zero attached hydrogens (tertiary/aromatic N) is 5. The Morgan fingerprint density at radius 2 is 2.32 bits per heavy atom. The van der Waals surface area contributed by atoms with E-state index in [0.29, 0.717) is 42.5 Å². The number of morpholine rings is 1. The van der Waals surface area contributed by atoms with Crippen LogP contribution in [-0.2, 0) is 11.2 Å². The Morgan fingerprint density at radius 1 is 1.48 bits per heavy atom. The predicted octanol–water partition coefficient (Wildman–Crippen LogP) is 1.55. The number of aromatic amines is 1. The van der Waals surface area contributed by atoms with Crippen molar-refractivity contribution in [3.8, 4) is 6.07 Å². The van der Waals surface area contributed by atoms with Crippen LogP contribution in [0.5, 0.6) is 0 Å². The summed E-state index contributed by atoms with van der Waals surface area (Å²) < 4.78 is 5.73. The third-order valence-corrected chi connectivity index (χ3v) is 4.10. The van der Waals surface area contributed by atoms with Crippen LogP contribution in [-0.4, -0.2) is 50.7 Å². The first kappa shape index (κ1) is 17.0. The smallest absolute Gasteiger partial charge is 0.272 e. The summed E-state index contributed by atoms with van der Waals surface area (Å²) in [4.78, 5) is 23.1. The molecule has 3 heterocycles. The van der Waals surface area contributed by atoms with Crippen LogP contribution in [0.25, 0.3) is 0 Å². The lowest BCUT2D eigenvalue weighted by atomic mass is 10.2. The molecule has 1 atom stereocenters. The largest absolute Gasteiger partial charge is 0.366 e. The number of aromatic nitrogens is 4. The number of nitriles is 1. The van der Waals surface area contributed by atoms with Gasteiger partial charge in [-0.05, 0) is 25.5 Å². The van der Waals surface area contributed by atoms with E-state index in [1.807, 2.05) is 0 Å². The molecule has 0 aromatic carbocycles. The van der Waals surface area contributed by atoms with Crippen LogP contribution >= 0.6 is 0 Å². The molecule has 1 N–H and O–H groups in total. The highest BCUT2D eigenvalue weighted by Crippen LogP contribution is 2.21. The predicted molar refractivity (Wildman–Crippen MR) is 88.7 cm³/mol. The van der Waals surface area contributed by atoms with E-state index in [4.69, 9.17) is 10.00 Å². The third kappa shape index (κ3) is 3.67. The zero-order valence-corrected chi connectivity index (χ0v) is 14.3. The maximum Gasteiger partial charge on any atom is 0.272 e. The van der Waals surface area contributed by atoms with E-state index in [2.05, 4.69) is 33.2 Å². The van der Waals surface area contributed by atoms with Crippen molar-refractivity contribution in [2.24, 2.45) is 0 Å². The van der Waals surface area contributed by atoms with Crippen LogP contribution < -0.4 is 0 Å². The Bertz CT molecular complexity index is 810. The fourth-order valence-electron chi connectivity index (χ4n) is 2.75. The normalized spacial score (nSPS) is 17.3. The van der Waals surface area contributed by atoms with E-state index in [-0.39, 0.29) is 12.0 Å². The van der Waals surface area contributed by atoms with Gasteiger partial charge in [-0.1, -0.05) is 6.92 Å². The van der Waals surface area contributed by atoms with Gasteiger partial charge in [0.15, 0.2) is 5.82 Å². The Kier molecular flexibility index (Phi) is 5.05. The molecule has 1 aliphatic heterocycles. The highest BCUT2D eigenvalue weighted by atomic mass is 16.5. The molecule has 3 rings (SSSR count). The molecule has 0 bridgehead atoms. The molecule has 2 aromatic heterocycles. The number of H-pyrrole nitrogens is 1. The Morgan fingerprint density at radius 3 is 3.04 bits per heavy atom. The summed E-state index contributed by atoms with van der Waals surface area (Å²) in [5, 5.41) is 16.1. The van der Waals surface area contributed by atoms with Gasteiger partial charge in [0.1, 0.15) is 23.7 Å². The second kappa shape index (κ2) is 7.40. The number of aryl methyl sites for hydroxylation is 2. The molecule has 0 aliphatic carbocycles. The standard InChI is InChI=1S/C17H20N6O2/c1-3-4-15-20-16(22-21-15)14-10-23(7-8-25-14)17(24)13-6-5-12(9-18)11(2)19-13/h5-6,14H,3-4,7-8,10H2,1-2H3,(H,20,21,22). The number of pyridine rings is 1. The van der Waals surface area contributed by atoms with Crippen LogP contribution in [0.15, 0.2) is 12.1 Å². The Hall–Kier alpha value is -2.79. The minimum Gasteiger partial charge on any atom is -0.366 e. The third-order valence-electron chi connectivity index (χ3n) is 4.10. The van der Waals surface area contributed by atoms with Gasteiger partial charge >= 0.3 is 0 Å². The van der Waals surface area contributed by atoms with Crippen molar-refractivity contribution in [1.29, 1.82) is 5.26 Å². The first-order valence-electron chi connectivity index (χ1n) is 8.32. The summed E-state index contributed by atoms with van der Waals surface area (Å²) in [7, 11) is 0. The van der Waals surface area contributed by atoms with Crippen molar-refractivity contribution < 1.29 is 9.53 Å². The summed E-state index contributed by atoms with van der Waals surface area (Å²) in [5.41, 5.74) is 1.36. The van der Waals surface area contributed by atoms with Gasteiger partial charge in [0.25, 0.3) is 5.91 Å². The zero-order chi connectivity index (χ0) is 17.8. The first-order valence-corrected chi connectivity index (χ1v) is 8.32. The molecule has 1 amide bonds. The number of carbonyl (C=O) groups excluding carboxylic acids is 1. The summed E-state index contributed by atoms with van der Waals surface area (Å²) in [6.07, 6.45) is 1.46. The molecule has 8 nitrogen and oxygen atoms in total. The lowest BCUT2D eigenvalue weighted by Crippen LogP contribution is -2.42. The molecular formula is C17H20N6O2. The molecule has 1 saturated heterocycles. The van der Waals surface area contributed by atoms with Crippen LogP contribution in [0, 0.1) is 18.3 Å². The quantitative estimate of drug-likeness (QED) is 0.904. The number of amides is 1. The number of rotatable bonds is 4. The number of hydrogen-bond donors (Lipinski definition) is 1. The SMILES string of the molecule is CCCc1nc(C2CN(C(=O)c3ccc(C#N)c(C)n3)CCO2)n[nH]1. The van der Waals surface area contributed by atoms with E-state index in [1.165, 1.54) is 0 Å². The van der Waals surface area contributed by atoms with Gasteiger partial charge in [-0.3, -0.25) is 9.89 Å². The number of ether oxygens (including phenoxy) is 1. The molecule has 8 heteroatoms. The monoisotopic (exact) mass is 340 g/mol. The zero-order valence-electron chi connectivity index (χ0n) is 14.3. The lowest BCUT2D eigenvalue weighted by Gasteiger charge is -2.31. The second-order valence-electron chi connectivity index (χ2n) is 5.94. The Labute approximate surface area is 145 Å². The maximum atomic E-state index is 12.7. The van der Waals surface area contributed by atoms with Crippen molar-refractivity contribution in [3.05, 3.63) is 40.7 Å². The maximum absolute atomic E-state index is 12.7. The highest BCUT2D eigenvalue weighted by Gasteiger charge is 2.29. The molecule has 2 aromatic rings. The van der Waals surface area contributed by atoms with Gasteiger partial charge in [-0.25, -0.2) is 9.97 Å². The van der Waals surface area contributed by atoms with Crippen LogP contribution in [0.3, 0.4) is 0 Å². The molecule has 1 fully saturated rings. The van der Waals surface area contributed by atoms with Crippen LogP contribution in [0.1, 0.15) is 52.8 Å². The summed E-state index contributed by atoms with van der Waals surface area (Å²) >= 11 is 0. The second-order valence-corrected chi connectivity index (χ2v) is 5.94. The van der Waals surface area contributed by atoms with Crippen molar-refractivity contribution in [1.82, 2.24) is 25.1 Å². The van der Waals surface area contributed by atoms with Gasteiger partial charge in [-0.2, -0.15) is 10.4 Å². The van der Waals surface area contributed by atoms with Crippen molar-refractivity contribution in [2.45, 2.75) is 32.8 Å². The van der Waals surface area contributed by atoms with Gasteiger partial charge in [-0.15, -0.1) is 0 Å². The molecule has 0 spiro atoms. The van der Waals surface area contributed by atoms with Crippen molar-refractivity contribution in [2.75, 3.05) is 19.7 Å². The summed E-state index contributed by atoms with van der Waals surface area (Å²) in [5.74, 6) is 1.23. The molecular weight excluding hydrogens is 320 g/mol. The molecule has 0 saturated carbocycles. The van der Waals surface area contributed by atoms with E-state index >= 15 is 0 Å². The molecule has 1 aliphatic rings. The summed E-state index contributed by atoms with van der Waals surface area (Å²) in [6, 6.07) is 5.27. The van der Waals surface area contributed by atoms with Crippen LogP contribution in [0.4, 0.5) is 0 Å². The average molecular weight is 340 g/mol. The van der Waals surface area contributed by atoms with Crippen molar-refractivity contribution >= 4 is 5.91 Å². The minimum absolute atomic E-state index is 0.176.